The quantitative estimate of drug-likeness (QED) is 0.0237. The van der Waals surface area contributed by atoms with Gasteiger partial charge >= 0.3 is 0 Å². The lowest BCUT2D eigenvalue weighted by Gasteiger charge is -2.46. The second kappa shape index (κ2) is 39.0. The molecular formula is C53H89NO13. The normalized spacial score (nSPS) is 27.3. The molecule has 0 radical (unpaired) electrons. The highest BCUT2D eigenvalue weighted by atomic mass is 16.7. The molecule has 2 aliphatic heterocycles. The molecule has 0 saturated carbocycles. The summed E-state index contributed by atoms with van der Waals surface area (Å²) in [6.45, 7) is 2.58. The molecular weight excluding hydrogens is 859 g/mol. The summed E-state index contributed by atoms with van der Waals surface area (Å²) in [5.74, 6) is -0.273. The Morgan fingerprint density at radius 1 is 0.552 bits per heavy atom. The van der Waals surface area contributed by atoms with Crippen LogP contribution in [0.25, 0.3) is 0 Å². The van der Waals surface area contributed by atoms with Gasteiger partial charge in [0.05, 0.1) is 32.0 Å². The van der Waals surface area contributed by atoms with Gasteiger partial charge in [-0.15, -0.1) is 0 Å². The lowest BCUT2D eigenvalue weighted by molar-refractivity contribution is -0.359. The first-order valence-corrected chi connectivity index (χ1v) is 25.3. The highest BCUT2D eigenvalue weighted by Crippen LogP contribution is 2.30. The standard InChI is InChI=1S/C53H89NO13/c1-3-5-7-9-11-13-15-17-19-20-21-22-23-25-27-29-31-33-35-37-45(58)54-41(42(57)36-34-32-30-28-26-24-18-16-14-12-10-8-6-4-2)40-64-52-50(63)48(61)51(44(39-56)66-52)67-53-49(62)47(60)46(59)43(38-55)65-53/h5,7,11,13-14,16-17,19,21-22,26,28,34,36,41-44,46-53,55-57,59-63H,3-4,6,8-10,12,15,18,20,23-25,27,29-33,35,37-40H2,1-2H3,(H,54,58)/b7-5-,13-11-,16-14+,19-17-,22-21-,28-26+,36-34+. The van der Waals surface area contributed by atoms with Gasteiger partial charge in [-0.2, -0.15) is 0 Å². The molecule has 0 aromatic rings. The Hall–Kier alpha value is -2.83. The highest BCUT2D eigenvalue weighted by Gasteiger charge is 2.51. The van der Waals surface area contributed by atoms with Crippen molar-refractivity contribution in [1.82, 2.24) is 5.32 Å². The van der Waals surface area contributed by atoms with Crippen LogP contribution in [0.1, 0.15) is 149 Å². The van der Waals surface area contributed by atoms with Crippen molar-refractivity contribution in [2.45, 2.75) is 222 Å². The number of hydrogen-bond acceptors (Lipinski definition) is 13. The van der Waals surface area contributed by atoms with Crippen molar-refractivity contribution in [2.24, 2.45) is 0 Å². The summed E-state index contributed by atoms with van der Waals surface area (Å²) in [5.41, 5.74) is 0. The van der Waals surface area contributed by atoms with Crippen LogP contribution in [0.5, 0.6) is 0 Å². The lowest BCUT2D eigenvalue weighted by atomic mass is 9.97. The van der Waals surface area contributed by atoms with Crippen molar-refractivity contribution in [1.29, 1.82) is 0 Å². The van der Waals surface area contributed by atoms with E-state index < -0.39 is 86.8 Å². The van der Waals surface area contributed by atoms with E-state index in [4.69, 9.17) is 18.9 Å². The van der Waals surface area contributed by atoms with E-state index in [0.29, 0.717) is 12.8 Å². The van der Waals surface area contributed by atoms with Crippen LogP contribution in [0.15, 0.2) is 85.1 Å². The van der Waals surface area contributed by atoms with E-state index >= 15 is 0 Å². The topological polar surface area (TPSA) is 228 Å². The monoisotopic (exact) mass is 948 g/mol. The smallest absolute Gasteiger partial charge is 0.220 e. The van der Waals surface area contributed by atoms with Crippen LogP contribution in [0.2, 0.25) is 0 Å². The summed E-state index contributed by atoms with van der Waals surface area (Å²) >= 11 is 0. The van der Waals surface area contributed by atoms with Crippen molar-refractivity contribution >= 4 is 5.91 Å². The van der Waals surface area contributed by atoms with Gasteiger partial charge in [0, 0.05) is 6.42 Å². The third-order valence-electron chi connectivity index (χ3n) is 11.8. The van der Waals surface area contributed by atoms with Crippen molar-refractivity contribution in [2.75, 3.05) is 19.8 Å². The molecule has 2 aliphatic rings. The number of ether oxygens (including phenoxy) is 4. The van der Waals surface area contributed by atoms with Gasteiger partial charge in [-0.3, -0.25) is 4.79 Å². The molecule has 2 heterocycles. The fraction of sp³-hybridized carbons (Fsp3) is 0.717. The second-order valence-electron chi connectivity index (χ2n) is 17.5. The molecule has 12 unspecified atom stereocenters. The van der Waals surface area contributed by atoms with E-state index in [-0.39, 0.29) is 18.9 Å². The van der Waals surface area contributed by atoms with Crippen LogP contribution in [0.4, 0.5) is 0 Å². The minimum Gasteiger partial charge on any atom is -0.394 e. The van der Waals surface area contributed by atoms with Gasteiger partial charge in [-0.1, -0.05) is 144 Å². The highest BCUT2D eigenvalue weighted by molar-refractivity contribution is 5.76. The van der Waals surface area contributed by atoms with Crippen molar-refractivity contribution < 1.29 is 64.6 Å². The molecule has 9 N–H and O–H groups in total. The van der Waals surface area contributed by atoms with Crippen molar-refractivity contribution in [3.8, 4) is 0 Å². The Labute approximate surface area is 401 Å². The third kappa shape index (κ3) is 26.1. The number of aliphatic hydroxyl groups is 8. The Balaban J connectivity index is 1.87. The average Bonchev–Trinajstić information content (AvgIpc) is 3.32. The van der Waals surface area contributed by atoms with E-state index in [9.17, 15) is 45.6 Å². The molecule has 2 rings (SSSR count). The van der Waals surface area contributed by atoms with E-state index in [2.05, 4.69) is 92.1 Å². The van der Waals surface area contributed by atoms with E-state index in [1.165, 1.54) is 25.7 Å². The number of carbonyl (C=O) groups is 1. The zero-order valence-corrected chi connectivity index (χ0v) is 40.6. The molecule has 0 aliphatic carbocycles. The minimum absolute atomic E-state index is 0.249. The van der Waals surface area contributed by atoms with E-state index in [0.717, 1.165) is 89.9 Å². The Kier molecular flexibility index (Phi) is 35.1. The van der Waals surface area contributed by atoms with Gasteiger partial charge in [0.25, 0.3) is 0 Å². The van der Waals surface area contributed by atoms with Crippen LogP contribution < -0.4 is 5.32 Å². The molecule has 0 spiro atoms. The molecule has 2 saturated heterocycles. The number of nitrogens with one attached hydrogen (secondary N) is 1. The fourth-order valence-corrected chi connectivity index (χ4v) is 7.66. The molecule has 14 heteroatoms. The van der Waals surface area contributed by atoms with Gasteiger partial charge in [-0.05, 0) is 83.5 Å². The van der Waals surface area contributed by atoms with Crippen LogP contribution in [0.3, 0.4) is 0 Å². The van der Waals surface area contributed by atoms with Crippen LogP contribution >= 0.6 is 0 Å². The fourth-order valence-electron chi connectivity index (χ4n) is 7.66. The van der Waals surface area contributed by atoms with Gasteiger partial charge < -0.3 is 65.1 Å². The van der Waals surface area contributed by atoms with Crippen molar-refractivity contribution in [3.63, 3.8) is 0 Å². The van der Waals surface area contributed by atoms with Gasteiger partial charge in [0.2, 0.25) is 5.91 Å². The number of unbranched alkanes of at least 4 members (excludes halogenated alkanes) is 12. The third-order valence-corrected chi connectivity index (χ3v) is 11.8. The maximum atomic E-state index is 13.2. The van der Waals surface area contributed by atoms with Crippen LogP contribution in [0, 0.1) is 0 Å². The number of hydrogen-bond donors (Lipinski definition) is 9. The number of rotatable bonds is 37. The summed E-state index contributed by atoms with van der Waals surface area (Å²) in [6.07, 6.45) is 33.3. The van der Waals surface area contributed by atoms with Gasteiger partial charge in [0.1, 0.15) is 48.8 Å². The zero-order valence-electron chi connectivity index (χ0n) is 40.6. The molecule has 384 valence electrons. The molecule has 14 nitrogen and oxygen atoms in total. The first-order valence-electron chi connectivity index (χ1n) is 25.3. The first-order chi connectivity index (χ1) is 32.6. The van der Waals surface area contributed by atoms with Gasteiger partial charge in [0.15, 0.2) is 12.6 Å². The van der Waals surface area contributed by atoms with Crippen LogP contribution in [-0.4, -0.2) is 140 Å². The van der Waals surface area contributed by atoms with E-state index in [1.54, 1.807) is 6.08 Å². The Morgan fingerprint density at radius 2 is 1.04 bits per heavy atom. The maximum Gasteiger partial charge on any atom is 0.220 e. The summed E-state index contributed by atoms with van der Waals surface area (Å²) in [6, 6.07) is -0.949. The first kappa shape index (κ1) is 60.3. The van der Waals surface area contributed by atoms with Crippen molar-refractivity contribution in [3.05, 3.63) is 85.1 Å². The molecule has 0 aromatic carbocycles. The van der Waals surface area contributed by atoms with Crippen LogP contribution in [-0.2, 0) is 23.7 Å². The average molecular weight is 948 g/mol. The van der Waals surface area contributed by atoms with Gasteiger partial charge in [-0.25, -0.2) is 0 Å². The minimum atomic E-state index is -1.80. The number of carbonyl (C=O) groups excluding carboxylic acids is 1. The predicted octanol–water partition coefficient (Wildman–Crippen LogP) is 6.60. The summed E-state index contributed by atoms with van der Waals surface area (Å²) in [4.78, 5) is 13.2. The lowest BCUT2D eigenvalue weighted by Crippen LogP contribution is -2.65. The zero-order chi connectivity index (χ0) is 48.9. The predicted molar refractivity (Wildman–Crippen MR) is 263 cm³/mol. The molecule has 67 heavy (non-hydrogen) atoms. The SMILES string of the molecule is CC/C=C\C/C=C\C/C=C\C/C=C\CCCCCCCCC(=O)NC(COC1OC(CO)C(OC2OC(CO)C(O)C(O)C2O)C(O)C1O)C(O)/C=C/CC/C=C/CC/C=C/CCCCCC. The summed E-state index contributed by atoms with van der Waals surface area (Å²) in [7, 11) is 0. The van der Waals surface area contributed by atoms with E-state index in [1.807, 2.05) is 6.08 Å². The maximum absolute atomic E-state index is 13.2. The number of amides is 1. The molecule has 0 bridgehead atoms. The number of allylic oxidation sites excluding steroid dienone is 13. The Bertz CT molecular complexity index is 1450. The molecule has 12 atom stereocenters. The Morgan fingerprint density at radius 3 is 1.64 bits per heavy atom. The largest absolute Gasteiger partial charge is 0.394 e. The molecule has 2 fully saturated rings. The second-order valence-corrected chi connectivity index (χ2v) is 17.5. The summed E-state index contributed by atoms with van der Waals surface area (Å²) in [5, 5.41) is 86.7. The summed E-state index contributed by atoms with van der Waals surface area (Å²) < 4.78 is 22.6. The molecule has 1 amide bonds. The molecule has 0 aromatic heterocycles. The number of aliphatic hydroxyl groups excluding tert-OH is 8.